The summed E-state index contributed by atoms with van der Waals surface area (Å²) < 4.78 is 46.6. The quantitative estimate of drug-likeness (QED) is 0.855. The van der Waals surface area contributed by atoms with Crippen molar-refractivity contribution in [3.8, 4) is 5.69 Å². The average Bonchev–Trinajstić information content (AvgIpc) is 2.90. The molecule has 0 aliphatic carbocycles. The highest BCUT2D eigenvalue weighted by Crippen LogP contribution is 2.42. The summed E-state index contributed by atoms with van der Waals surface area (Å²) in [5.41, 5.74) is 6.19. The number of nitrogens with zero attached hydrogens (tertiary/aromatic N) is 3. The van der Waals surface area contributed by atoms with E-state index in [-0.39, 0.29) is 23.8 Å². The molecule has 1 aliphatic heterocycles. The maximum Gasteiger partial charge on any atom is 0.361 e. The zero-order valence-corrected chi connectivity index (χ0v) is 13.7. The lowest BCUT2D eigenvalue weighted by atomic mass is 10.00. The lowest BCUT2D eigenvalue weighted by Gasteiger charge is -2.47. The van der Waals surface area contributed by atoms with E-state index in [4.69, 9.17) is 10.5 Å². The van der Waals surface area contributed by atoms with Gasteiger partial charge in [-0.15, -0.1) is 0 Å². The third-order valence-electron chi connectivity index (χ3n) is 4.17. The predicted octanol–water partition coefficient (Wildman–Crippen LogP) is 2.61. The molecule has 1 aromatic heterocycles. The summed E-state index contributed by atoms with van der Waals surface area (Å²) in [6, 6.07) is 4.14. The lowest BCUT2D eigenvalue weighted by Crippen LogP contribution is -2.64. The highest BCUT2D eigenvalue weighted by Gasteiger charge is 2.53. The molecule has 2 heterocycles. The Morgan fingerprint density at radius 3 is 2.56 bits per heavy atom. The Morgan fingerprint density at radius 2 is 2.04 bits per heavy atom. The van der Waals surface area contributed by atoms with Gasteiger partial charge in [0.1, 0.15) is 11.5 Å². The molecule has 0 unspecified atom stereocenters. The Hall–Kier alpha value is -2.71. The SMILES string of the molecule is CCOC(=O)c1nn(-c2ccc(F)cc2)c(N2CC(F)(F)[C@H]2C)c1N. The number of anilines is 2. The number of hydrogen-bond donors (Lipinski definition) is 1. The molecular formula is C16H17F3N4O2. The van der Waals surface area contributed by atoms with Crippen molar-refractivity contribution >= 4 is 17.5 Å². The van der Waals surface area contributed by atoms with Crippen molar-refractivity contribution < 1.29 is 22.7 Å². The topological polar surface area (TPSA) is 73.4 Å². The van der Waals surface area contributed by atoms with Crippen LogP contribution in [0.4, 0.5) is 24.7 Å². The van der Waals surface area contributed by atoms with Gasteiger partial charge in [-0.3, -0.25) is 0 Å². The van der Waals surface area contributed by atoms with Crippen LogP contribution in [0.1, 0.15) is 24.3 Å². The molecular weight excluding hydrogens is 337 g/mol. The van der Waals surface area contributed by atoms with Crippen LogP contribution >= 0.6 is 0 Å². The highest BCUT2D eigenvalue weighted by atomic mass is 19.3. The van der Waals surface area contributed by atoms with Crippen LogP contribution in [0.2, 0.25) is 0 Å². The van der Waals surface area contributed by atoms with E-state index in [1.165, 1.54) is 40.8 Å². The normalized spacial score (nSPS) is 18.8. The van der Waals surface area contributed by atoms with Gasteiger partial charge in [-0.2, -0.15) is 5.10 Å². The van der Waals surface area contributed by atoms with Gasteiger partial charge < -0.3 is 15.4 Å². The average molecular weight is 354 g/mol. The third-order valence-corrected chi connectivity index (χ3v) is 4.17. The molecule has 1 atom stereocenters. The van der Waals surface area contributed by atoms with Gasteiger partial charge in [-0.05, 0) is 38.1 Å². The number of nitrogens with two attached hydrogens (primary N) is 1. The number of alkyl halides is 2. The van der Waals surface area contributed by atoms with Crippen molar-refractivity contribution in [2.75, 3.05) is 23.8 Å². The van der Waals surface area contributed by atoms with Crippen molar-refractivity contribution in [1.29, 1.82) is 0 Å². The van der Waals surface area contributed by atoms with E-state index in [2.05, 4.69) is 5.10 Å². The molecule has 1 aliphatic rings. The fraction of sp³-hybridized carbons (Fsp3) is 0.375. The van der Waals surface area contributed by atoms with Gasteiger partial charge in [0.25, 0.3) is 5.92 Å². The van der Waals surface area contributed by atoms with Crippen LogP contribution < -0.4 is 10.6 Å². The number of carbonyl (C=O) groups is 1. The molecule has 0 amide bonds. The van der Waals surface area contributed by atoms with Crippen molar-refractivity contribution in [2.45, 2.75) is 25.8 Å². The Bertz CT molecular complexity index is 804. The summed E-state index contributed by atoms with van der Waals surface area (Å²) in [7, 11) is 0. The fourth-order valence-corrected chi connectivity index (χ4v) is 2.68. The summed E-state index contributed by atoms with van der Waals surface area (Å²) in [4.78, 5) is 13.4. The van der Waals surface area contributed by atoms with Crippen molar-refractivity contribution in [2.24, 2.45) is 0 Å². The standard InChI is InChI=1S/C16H17F3N4O2/c1-3-25-15(24)13-12(20)14(22-8-16(18,19)9(22)2)23(21-13)11-6-4-10(17)5-7-11/h4-7,9H,3,8,20H2,1-2H3/t9-/m1/s1. The molecule has 0 bridgehead atoms. The summed E-state index contributed by atoms with van der Waals surface area (Å²) in [5, 5.41) is 4.12. The van der Waals surface area contributed by atoms with E-state index >= 15 is 0 Å². The summed E-state index contributed by atoms with van der Waals surface area (Å²) in [6.07, 6.45) is 0. The van der Waals surface area contributed by atoms with Gasteiger partial charge in [0.05, 0.1) is 24.9 Å². The number of benzene rings is 1. The minimum atomic E-state index is -2.87. The number of carbonyl (C=O) groups excluding carboxylic acids is 1. The zero-order chi connectivity index (χ0) is 18.4. The number of esters is 1. The monoisotopic (exact) mass is 354 g/mol. The van der Waals surface area contributed by atoms with Crippen LogP contribution in [0.5, 0.6) is 0 Å². The fourth-order valence-electron chi connectivity index (χ4n) is 2.68. The van der Waals surface area contributed by atoms with Gasteiger partial charge >= 0.3 is 5.97 Å². The Balaban J connectivity index is 2.11. The predicted molar refractivity (Wildman–Crippen MR) is 85.6 cm³/mol. The minimum Gasteiger partial charge on any atom is -0.461 e. The number of hydrogen-bond acceptors (Lipinski definition) is 5. The molecule has 134 valence electrons. The Morgan fingerprint density at radius 1 is 1.40 bits per heavy atom. The first-order valence-electron chi connectivity index (χ1n) is 7.72. The maximum atomic E-state index is 13.6. The molecule has 9 heteroatoms. The number of halogens is 3. The van der Waals surface area contributed by atoms with Crippen LogP contribution in [0.3, 0.4) is 0 Å². The van der Waals surface area contributed by atoms with Gasteiger partial charge in [-0.25, -0.2) is 22.6 Å². The summed E-state index contributed by atoms with van der Waals surface area (Å²) in [6.45, 7) is 2.56. The molecule has 0 spiro atoms. The van der Waals surface area contributed by atoms with Crippen molar-refractivity contribution in [3.05, 3.63) is 35.8 Å². The zero-order valence-electron chi connectivity index (χ0n) is 13.7. The molecule has 0 radical (unpaired) electrons. The molecule has 25 heavy (non-hydrogen) atoms. The van der Waals surface area contributed by atoms with Gasteiger partial charge in [0.2, 0.25) is 0 Å². The number of nitrogen functional groups attached to an aromatic ring is 1. The molecule has 2 aromatic rings. The Kier molecular flexibility index (Phi) is 4.09. The van der Waals surface area contributed by atoms with E-state index < -0.39 is 30.3 Å². The molecule has 0 saturated carbocycles. The molecule has 2 N–H and O–H groups in total. The third kappa shape index (κ3) is 2.79. The van der Waals surface area contributed by atoms with Crippen molar-refractivity contribution in [3.63, 3.8) is 0 Å². The van der Waals surface area contributed by atoms with Crippen LogP contribution in [0.15, 0.2) is 24.3 Å². The van der Waals surface area contributed by atoms with E-state index in [0.717, 1.165) is 0 Å². The van der Waals surface area contributed by atoms with Crippen molar-refractivity contribution in [1.82, 2.24) is 9.78 Å². The molecule has 6 nitrogen and oxygen atoms in total. The van der Waals surface area contributed by atoms with Crippen LogP contribution in [0.25, 0.3) is 5.69 Å². The van der Waals surface area contributed by atoms with E-state index in [1.54, 1.807) is 6.92 Å². The first kappa shape index (κ1) is 17.1. The van der Waals surface area contributed by atoms with Gasteiger partial charge in [0, 0.05) is 0 Å². The number of ether oxygens (including phenoxy) is 1. The first-order chi connectivity index (χ1) is 11.8. The number of rotatable bonds is 4. The van der Waals surface area contributed by atoms with E-state index in [1.807, 2.05) is 0 Å². The summed E-state index contributed by atoms with van der Waals surface area (Å²) >= 11 is 0. The molecule has 3 rings (SSSR count). The van der Waals surface area contributed by atoms with E-state index in [0.29, 0.717) is 5.69 Å². The molecule has 1 fully saturated rings. The lowest BCUT2D eigenvalue weighted by molar-refractivity contribution is -0.0644. The Labute approximate surface area is 142 Å². The molecule has 1 saturated heterocycles. The summed E-state index contributed by atoms with van der Waals surface area (Å²) in [5.74, 6) is -3.91. The van der Waals surface area contributed by atoms with Crippen LogP contribution in [-0.2, 0) is 4.74 Å². The largest absolute Gasteiger partial charge is 0.461 e. The minimum absolute atomic E-state index is 0.0508. The van der Waals surface area contributed by atoms with Crippen LogP contribution in [0, 0.1) is 5.82 Å². The van der Waals surface area contributed by atoms with Crippen LogP contribution in [-0.4, -0.2) is 40.9 Å². The highest BCUT2D eigenvalue weighted by molar-refractivity contribution is 5.96. The maximum absolute atomic E-state index is 13.6. The smallest absolute Gasteiger partial charge is 0.361 e. The second-order valence-corrected chi connectivity index (χ2v) is 5.76. The van der Waals surface area contributed by atoms with Gasteiger partial charge in [0.15, 0.2) is 11.5 Å². The molecule has 1 aromatic carbocycles. The van der Waals surface area contributed by atoms with E-state index in [9.17, 15) is 18.0 Å². The second-order valence-electron chi connectivity index (χ2n) is 5.76. The van der Waals surface area contributed by atoms with Gasteiger partial charge in [-0.1, -0.05) is 0 Å². The first-order valence-corrected chi connectivity index (χ1v) is 7.72. The second kappa shape index (κ2) is 5.98. The number of aromatic nitrogens is 2.